The Labute approximate surface area is 323 Å². The zero-order chi connectivity index (χ0) is 37.0. The van der Waals surface area contributed by atoms with Gasteiger partial charge >= 0.3 is 0 Å². The minimum absolute atomic E-state index is 0.258. The predicted octanol–water partition coefficient (Wildman–Crippen LogP) is 13.6. The molecule has 4 nitrogen and oxygen atoms in total. The van der Waals surface area contributed by atoms with Crippen molar-refractivity contribution < 1.29 is 8.83 Å². The van der Waals surface area contributed by atoms with Gasteiger partial charge in [0.25, 0.3) is 0 Å². The molecule has 0 amide bonds. The van der Waals surface area contributed by atoms with E-state index >= 15 is 0 Å². The number of benzene rings is 8. The molecule has 8 aromatic carbocycles. The van der Waals surface area contributed by atoms with Gasteiger partial charge in [0.1, 0.15) is 28.2 Å². The van der Waals surface area contributed by atoms with Gasteiger partial charge in [0.15, 0.2) is 0 Å². The number of amidine groups is 1. The Balaban J connectivity index is 1.09. The first-order chi connectivity index (χ1) is 27.7. The van der Waals surface area contributed by atoms with Gasteiger partial charge in [-0.05, 0) is 105 Å². The molecule has 0 bridgehead atoms. The summed E-state index contributed by atoms with van der Waals surface area (Å²) in [6.45, 7) is 0. The molecule has 1 unspecified atom stereocenters. The highest BCUT2D eigenvalue weighted by molar-refractivity contribution is 6.08. The van der Waals surface area contributed by atoms with Crippen molar-refractivity contribution in [2.75, 3.05) is 0 Å². The van der Waals surface area contributed by atoms with Gasteiger partial charge in [0.05, 0.1) is 6.04 Å². The predicted molar refractivity (Wildman–Crippen MR) is 231 cm³/mol. The fraction of sp³-hybridized carbons (Fsp3) is 0.0192. The Morgan fingerprint density at radius 1 is 0.357 bits per heavy atom. The molecular formula is C52H34N2O2. The second-order valence-electron chi connectivity index (χ2n) is 14.4. The van der Waals surface area contributed by atoms with E-state index in [1.54, 1.807) is 0 Å². The van der Waals surface area contributed by atoms with Crippen LogP contribution in [0.2, 0.25) is 0 Å². The van der Waals surface area contributed by atoms with Gasteiger partial charge in [-0.25, -0.2) is 0 Å². The van der Waals surface area contributed by atoms with Crippen LogP contribution < -0.4 is 5.32 Å². The Morgan fingerprint density at radius 3 is 1.41 bits per heavy atom. The first-order valence-electron chi connectivity index (χ1n) is 19.0. The van der Waals surface area contributed by atoms with E-state index in [9.17, 15) is 0 Å². The van der Waals surface area contributed by atoms with Crippen molar-refractivity contribution in [3.63, 3.8) is 0 Å². The largest absolute Gasteiger partial charge is 0.456 e. The zero-order valence-electron chi connectivity index (χ0n) is 30.3. The summed E-state index contributed by atoms with van der Waals surface area (Å²) in [4.78, 5) is 5.40. The fourth-order valence-corrected chi connectivity index (χ4v) is 8.06. The third-order valence-corrected chi connectivity index (χ3v) is 10.9. The average molecular weight is 719 g/mol. The van der Waals surface area contributed by atoms with E-state index in [-0.39, 0.29) is 6.04 Å². The Kier molecular flexibility index (Phi) is 7.52. The number of furan rings is 2. The molecule has 0 saturated carbocycles. The highest BCUT2D eigenvalue weighted by atomic mass is 16.3. The second kappa shape index (κ2) is 13.2. The molecule has 4 heteroatoms. The first kappa shape index (κ1) is 32.0. The van der Waals surface area contributed by atoms with Gasteiger partial charge in [0.2, 0.25) is 0 Å². The van der Waals surface area contributed by atoms with E-state index in [1.165, 1.54) is 11.1 Å². The van der Waals surface area contributed by atoms with Crippen LogP contribution in [0.15, 0.2) is 208 Å². The van der Waals surface area contributed by atoms with Crippen LogP contribution >= 0.6 is 0 Å². The van der Waals surface area contributed by atoms with Crippen molar-refractivity contribution in [3.05, 3.63) is 211 Å². The van der Waals surface area contributed by atoms with Crippen molar-refractivity contribution in [1.29, 1.82) is 0 Å². The maximum Gasteiger partial charge on any atom is 0.135 e. The molecule has 1 aliphatic heterocycles. The highest BCUT2D eigenvalue weighted by Gasteiger charge is 2.22. The number of rotatable bonds is 6. The molecule has 264 valence electrons. The average Bonchev–Trinajstić information content (AvgIpc) is 3.84. The summed E-state index contributed by atoms with van der Waals surface area (Å²) in [6.07, 6.45) is 2.26. The molecule has 0 aliphatic carbocycles. The van der Waals surface area contributed by atoms with E-state index in [2.05, 4.69) is 169 Å². The van der Waals surface area contributed by atoms with E-state index in [4.69, 9.17) is 13.8 Å². The number of nitrogens with one attached hydrogen (secondary N) is 1. The smallest absolute Gasteiger partial charge is 0.135 e. The second-order valence-corrected chi connectivity index (χ2v) is 14.4. The first-order valence-corrected chi connectivity index (χ1v) is 19.0. The van der Waals surface area contributed by atoms with E-state index in [1.807, 2.05) is 30.3 Å². The molecule has 10 aromatic rings. The molecule has 1 atom stereocenters. The summed E-state index contributed by atoms with van der Waals surface area (Å²) < 4.78 is 12.4. The molecule has 3 heterocycles. The van der Waals surface area contributed by atoms with Crippen LogP contribution in [0.5, 0.6) is 0 Å². The third-order valence-electron chi connectivity index (χ3n) is 10.9. The molecule has 0 spiro atoms. The fourth-order valence-electron chi connectivity index (χ4n) is 8.06. The Morgan fingerprint density at radius 2 is 0.821 bits per heavy atom. The molecule has 1 aliphatic rings. The summed E-state index contributed by atoms with van der Waals surface area (Å²) in [5.41, 5.74) is 14.6. The van der Waals surface area contributed by atoms with Gasteiger partial charge in [-0.3, -0.25) is 4.99 Å². The van der Waals surface area contributed by atoms with Crippen LogP contribution in [0.25, 0.3) is 83.0 Å². The van der Waals surface area contributed by atoms with Gasteiger partial charge in [0, 0.05) is 32.8 Å². The number of nitrogens with zero attached hydrogens (tertiary/aromatic N) is 1. The SMILES string of the molecule is C1=C(c2ccc(-c3ccccc3)cc2)NC(c2ccccc2)=NC1c1cc(-c2ccc3oc4ccccc4c3c2)cc(-c2ccc3oc4ccccc4c3c2)c1. The lowest BCUT2D eigenvalue weighted by molar-refractivity contribution is 0.668. The van der Waals surface area contributed by atoms with Gasteiger partial charge < -0.3 is 14.2 Å². The minimum atomic E-state index is -0.258. The molecule has 0 fully saturated rings. The lowest BCUT2D eigenvalue weighted by Crippen LogP contribution is -2.27. The molecule has 56 heavy (non-hydrogen) atoms. The summed E-state index contributed by atoms with van der Waals surface area (Å²) in [5.74, 6) is 0.838. The number of hydrogen-bond acceptors (Lipinski definition) is 4. The number of fused-ring (bicyclic) bond motifs is 6. The van der Waals surface area contributed by atoms with Crippen LogP contribution in [0.4, 0.5) is 0 Å². The highest BCUT2D eigenvalue weighted by Crippen LogP contribution is 2.39. The van der Waals surface area contributed by atoms with E-state index < -0.39 is 0 Å². The Bertz CT molecular complexity index is 3020. The lowest BCUT2D eigenvalue weighted by atomic mass is 9.91. The van der Waals surface area contributed by atoms with Gasteiger partial charge in [-0.2, -0.15) is 0 Å². The van der Waals surface area contributed by atoms with E-state index in [0.717, 1.165) is 94.4 Å². The summed E-state index contributed by atoms with van der Waals surface area (Å²) in [7, 11) is 0. The summed E-state index contributed by atoms with van der Waals surface area (Å²) in [6, 6.07) is 65.8. The third kappa shape index (κ3) is 5.67. The van der Waals surface area contributed by atoms with Gasteiger partial charge in [-0.15, -0.1) is 0 Å². The van der Waals surface area contributed by atoms with Crippen LogP contribution in [0.3, 0.4) is 0 Å². The number of para-hydroxylation sites is 2. The van der Waals surface area contributed by atoms with Crippen molar-refractivity contribution in [1.82, 2.24) is 5.32 Å². The van der Waals surface area contributed by atoms with E-state index in [0.29, 0.717) is 0 Å². The number of aliphatic imine (C=N–C) groups is 1. The van der Waals surface area contributed by atoms with Crippen molar-refractivity contribution in [2.45, 2.75) is 6.04 Å². The van der Waals surface area contributed by atoms with Crippen LogP contribution in [0, 0.1) is 0 Å². The molecule has 1 N–H and O–H groups in total. The normalized spacial score (nSPS) is 14.2. The molecule has 11 rings (SSSR count). The van der Waals surface area contributed by atoms with Crippen molar-refractivity contribution >= 4 is 55.4 Å². The van der Waals surface area contributed by atoms with Crippen LogP contribution in [0.1, 0.15) is 22.7 Å². The van der Waals surface area contributed by atoms with Crippen LogP contribution in [-0.2, 0) is 0 Å². The summed E-state index contributed by atoms with van der Waals surface area (Å²) >= 11 is 0. The Hall–Kier alpha value is -7.43. The summed E-state index contributed by atoms with van der Waals surface area (Å²) in [5, 5.41) is 8.12. The maximum atomic E-state index is 6.22. The number of hydrogen-bond donors (Lipinski definition) is 1. The molecule has 0 saturated heterocycles. The molecular weight excluding hydrogens is 685 g/mol. The minimum Gasteiger partial charge on any atom is -0.456 e. The van der Waals surface area contributed by atoms with Crippen molar-refractivity contribution in [2.24, 2.45) is 4.99 Å². The maximum absolute atomic E-state index is 6.22. The topological polar surface area (TPSA) is 50.7 Å². The standard InChI is InChI=1S/C52H34N2O2/c1-3-11-33(12-4-1)34-19-21-35(22-20-34)46-32-47(54-52(53-46)36-13-5-2-6-14-36)41-28-39(37-23-25-50-44(30-37)42-15-7-9-17-48(42)55-50)27-40(29-41)38-24-26-51-45(31-38)43-16-8-10-18-49(43)56-51/h1-32,47H,(H,53,54). The molecule has 0 radical (unpaired) electrons. The van der Waals surface area contributed by atoms with Crippen LogP contribution in [-0.4, -0.2) is 5.84 Å². The lowest BCUT2D eigenvalue weighted by Gasteiger charge is -2.24. The monoisotopic (exact) mass is 718 g/mol. The van der Waals surface area contributed by atoms with Crippen molar-refractivity contribution in [3.8, 4) is 33.4 Å². The van der Waals surface area contributed by atoms with Gasteiger partial charge in [-0.1, -0.05) is 133 Å². The quantitative estimate of drug-likeness (QED) is 0.186. The zero-order valence-corrected chi connectivity index (χ0v) is 30.3. The molecule has 2 aromatic heterocycles.